The average Bonchev–Trinajstić information content (AvgIpc) is 2.98. The molecule has 1 aliphatic rings. The standard InChI is InChI=1S/C15H22N2O2/c1-19-13-8-6-12(7-9-13)15(18)17-14(10-16)11-4-2-3-5-11/h6-9,11,14H,2-5,10,16H2,1H3,(H,17,18). The number of nitrogens with one attached hydrogen (secondary N) is 1. The molecule has 4 nitrogen and oxygen atoms in total. The van der Waals surface area contributed by atoms with E-state index in [1.54, 1.807) is 31.4 Å². The van der Waals surface area contributed by atoms with E-state index >= 15 is 0 Å². The summed E-state index contributed by atoms with van der Waals surface area (Å²) in [5.41, 5.74) is 6.44. The van der Waals surface area contributed by atoms with Crippen molar-refractivity contribution in [2.24, 2.45) is 11.7 Å². The number of carbonyl (C=O) groups excluding carboxylic acids is 1. The summed E-state index contributed by atoms with van der Waals surface area (Å²) in [6.07, 6.45) is 4.84. The summed E-state index contributed by atoms with van der Waals surface area (Å²) in [5.74, 6) is 1.24. The van der Waals surface area contributed by atoms with E-state index in [9.17, 15) is 4.79 Å². The van der Waals surface area contributed by atoms with Gasteiger partial charge in [0, 0.05) is 18.2 Å². The van der Waals surface area contributed by atoms with Gasteiger partial charge < -0.3 is 15.8 Å². The van der Waals surface area contributed by atoms with E-state index in [4.69, 9.17) is 10.5 Å². The molecule has 4 heteroatoms. The van der Waals surface area contributed by atoms with Crippen LogP contribution >= 0.6 is 0 Å². The Morgan fingerprint density at radius 3 is 2.53 bits per heavy atom. The van der Waals surface area contributed by atoms with E-state index in [-0.39, 0.29) is 11.9 Å². The smallest absolute Gasteiger partial charge is 0.251 e. The van der Waals surface area contributed by atoms with Crippen LogP contribution in [0.5, 0.6) is 5.75 Å². The third-order valence-electron chi connectivity index (χ3n) is 3.89. The summed E-state index contributed by atoms with van der Waals surface area (Å²) < 4.78 is 5.08. The second kappa shape index (κ2) is 6.57. The van der Waals surface area contributed by atoms with E-state index < -0.39 is 0 Å². The van der Waals surface area contributed by atoms with Gasteiger partial charge in [-0.25, -0.2) is 0 Å². The van der Waals surface area contributed by atoms with Crippen molar-refractivity contribution < 1.29 is 9.53 Å². The zero-order valence-electron chi connectivity index (χ0n) is 11.4. The Morgan fingerprint density at radius 2 is 2.00 bits per heavy atom. The summed E-state index contributed by atoms with van der Waals surface area (Å²) in [4.78, 5) is 12.2. The number of hydrogen-bond donors (Lipinski definition) is 2. The molecule has 3 N–H and O–H groups in total. The lowest BCUT2D eigenvalue weighted by Crippen LogP contribution is -2.44. The Labute approximate surface area is 114 Å². The van der Waals surface area contributed by atoms with Gasteiger partial charge in [0.1, 0.15) is 5.75 Å². The third kappa shape index (κ3) is 3.47. The molecule has 1 aromatic rings. The molecule has 0 saturated heterocycles. The minimum Gasteiger partial charge on any atom is -0.497 e. The molecule has 0 heterocycles. The second-order valence-corrected chi connectivity index (χ2v) is 5.09. The molecular weight excluding hydrogens is 240 g/mol. The van der Waals surface area contributed by atoms with Gasteiger partial charge in [-0.2, -0.15) is 0 Å². The van der Waals surface area contributed by atoms with E-state index in [2.05, 4.69) is 5.32 Å². The number of nitrogens with two attached hydrogens (primary N) is 1. The predicted molar refractivity (Wildman–Crippen MR) is 75.3 cm³/mol. The van der Waals surface area contributed by atoms with E-state index in [0.29, 0.717) is 18.0 Å². The normalized spacial score (nSPS) is 17.2. The fraction of sp³-hybridized carbons (Fsp3) is 0.533. The molecule has 1 aromatic carbocycles. The highest BCUT2D eigenvalue weighted by Gasteiger charge is 2.25. The molecule has 1 saturated carbocycles. The van der Waals surface area contributed by atoms with Crippen LogP contribution < -0.4 is 15.8 Å². The molecule has 1 amide bonds. The quantitative estimate of drug-likeness (QED) is 0.852. The first-order valence-corrected chi connectivity index (χ1v) is 6.89. The van der Waals surface area contributed by atoms with Crippen LogP contribution in [0.4, 0.5) is 0 Å². The van der Waals surface area contributed by atoms with Gasteiger partial charge in [0.2, 0.25) is 0 Å². The Morgan fingerprint density at radius 1 is 1.37 bits per heavy atom. The Kier molecular flexibility index (Phi) is 4.80. The van der Waals surface area contributed by atoms with Crippen molar-refractivity contribution in [3.8, 4) is 5.75 Å². The number of methoxy groups -OCH3 is 1. The van der Waals surface area contributed by atoms with Gasteiger partial charge in [0.15, 0.2) is 0 Å². The lowest BCUT2D eigenvalue weighted by Gasteiger charge is -2.23. The van der Waals surface area contributed by atoms with Crippen molar-refractivity contribution in [1.82, 2.24) is 5.32 Å². The molecule has 0 spiro atoms. The van der Waals surface area contributed by atoms with Crippen LogP contribution in [0.25, 0.3) is 0 Å². The first kappa shape index (κ1) is 13.9. The zero-order chi connectivity index (χ0) is 13.7. The average molecular weight is 262 g/mol. The van der Waals surface area contributed by atoms with Crippen LogP contribution in [0, 0.1) is 5.92 Å². The number of benzene rings is 1. The van der Waals surface area contributed by atoms with Crippen LogP contribution in [-0.2, 0) is 0 Å². The van der Waals surface area contributed by atoms with Gasteiger partial charge in [-0.1, -0.05) is 12.8 Å². The summed E-state index contributed by atoms with van der Waals surface area (Å²) in [6.45, 7) is 0.507. The number of amides is 1. The fourth-order valence-corrected chi connectivity index (χ4v) is 2.72. The van der Waals surface area contributed by atoms with Crippen LogP contribution in [0.2, 0.25) is 0 Å². The molecule has 1 fully saturated rings. The van der Waals surface area contributed by atoms with Crippen molar-refractivity contribution in [3.05, 3.63) is 29.8 Å². The summed E-state index contributed by atoms with van der Waals surface area (Å²) in [6, 6.07) is 7.23. The molecular formula is C15H22N2O2. The molecule has 1 aliphatic carbocycles. The topological polar surface area (TPSA) is 64.3 Å². The molecule has 2 rings (SSSR count). The minimum atomic E-state index is -0.0509. The Hall–Kier alpha value is -1.55. The monoisotopic (exact) mass is 262 g/mol. The summed E-state index contributed by atoms with van der Waals surface area (Å²) in [7, 11) is 1.61. The fourth-order valence-electron chi connectivity index (χ4n) is 2.72. The van der Waals surface area contributed by atoms with Gasteiger partial charge in [0.25, 0.3) is 5.91 Å². The van der Waals surface area contributed by atoms with Crippen LogP contribution in [0.1, 0.15) is 36.0 Å². The maximum atomic E-state index is 12.2. The SMILES string of the molecule is COc1ccc(C(=O)NC(CN)C2CCCC2)cc1. The highest BCUT2D eigenvalue weighted by molar-refractivity contribution is 5.94. The lowest BCUT2D eigenvalue weighted by molar-refractivity contribution is 0.0924. The maximum Gasteiger partial charge on any atom is 0.251 e. The first-order valence-electron chi connectivity index (χ1n) is 6.89. The number of carbonyl (C=O) groups is 1. The van der Waals surface area contributed by atoms with Gasteiger partial charge in [-0.05, 0) is 43.0 Å². The molecule has 0 radical (unpaired) electrons. The van der Waals surface area contributed by atoms with Crippen molar-refractivity contribution in [1.29, 1.82) is 0 Å². The molecule has 0 aliphatic heterocycles. The van der Waals surface area contributed by atoms with Crippen molar-refractivity contribution in [2.45, 2.75) is 31.7 Å². The van der Waals surface area contributed by atoms with Gasteiger partial charge in [-0.3, -0.25) is 4.79 Å². The molecule has 0 aromatic heterocycles. The van der Waals surface area contributed by atoms with Gasteiger partial charge in [0.05, 0.1) is 7.11 Å². The molecule has 1 atom stereocenters. The largest absolute Gasteiger partial charge is 0.497 e. The van der Waals surface area contributed by atoms with Gasteiger partial charge in [-0.15, -0.1) is 0 Å². The zero-order valence-corrected chi connectivity index (χ0v) is 11.4. The number of hydrogen-bond acceptors (Lipinski definition) is 3. The third-order valence-corrected chi connectivity index (χ3v) is 3.89. The molecule has 104 valence electrons. The maximum absolute atomic E-state index is 12.2. The van der Waals surface area contributed by atoms with Gasteiger partial charge >= 0.3 is 0 Å². The minimum absolute atomic E-state index is 0.0509. The van der Waals surface area contributed by atoms with Crippen molar-refractivity contribution >= 4 is 5.91 Å². The Bertz CT molecular complexity index is 411. The summed E-state index contributed by atoms with van der Waals surface area (Å²) >= 11 is 0. The summed E-state index contributed by atoms with van der Waals surface area (Å²) in [5, 5.41) is 3.06. The van der Waals surface area contributed by atoms with E-state index in [1.165, 1.54) is 25.7 Å². The highest BCUT2D eigenvalue weighted by Crippen LogP contribution is 2.27. The van der Waals surface area contributed by atoms with E-state index in [0.717, 1.165) is 5.75 Å². The highest BCUT2D eigenvalue weighted by atomic mass is 16.5. The molecule has 19 heavy (non-hydrogen) atoms. The van der Waals surface area contributed by atoms with E-state index in [1.807, 2.05) is 0 Å². The lowest BCUT2D eigenvalue weighted by atomic mass is 9.98. The van der Waals surface area contributed by atoms with Crippen molar-refractivity contribution in [2.75, 3.05) is 13.7 Å². The molecule has 1 unspecified atom stereocenters. The number of rotatable bonds is 5. The second-order valence-electron chi connectivity index (χ2n) is 5.09. The Balaban J connectivity index is 1.97. The first-order chi connectivity index (χ1) is 9.24. The number of ether oxygens (including phenoxy) is 1. The van der Waals surface area contributed by atoms with Crippen LogP contribution in [-0.4, -0.2) is 25.6 Å². The van der Waals surface area contributed by atoms with Crippen LogP contribution in [0.3, 0.4) is 0 Å². The van der Waals surface area contributed by atoms with Crippen molar-refractivity contribution in [3.63, 3.8) is 0 Å². The predicted octanol–water partition coefficient (Wildman–Crippen LogP) is 1.94. The molecule has 0 bridgehead atoms. The van der Waals surface area contributed by atoms with Crippen LogP contribution in [0.15, 0.2) is 24.3 Å².